The van der Waals surface area contributed by atoms with Crippen LogP contribution in [-0.4, -0.2) is 28.9 Å². The Morgan fingerprint density at radius 1 is 0.933 bits per heavy atom. The fourth-order valence-electron chi connectivity index (χ4n) is 3.00. The molecule has 0 bridgehead atoms. The lowest BCUT2D eigenvalue weighted by atomic mass is 10.2. The number of rotatable bonds is 6. The van der Waals surface area contributed by atoms with Crippen LogP contribution in [0.4, 0.5) is 5.69 Å². The van der Waals surface area contributed by atoms with Crippen LogP contribution in [0.3, 0.4) is 0 Å². The van der Waals surface area contributed by atoms with Crippen LogP contribution in [0.1, 0.15) is 29.1 Å². The van der Waals surface area contributed by atoms with E-state index in [0.29, 0.717) is 22.7 Å². The fraction of sp³-hybridized carbons (Fsp3) is 0.0952. The molecule has 1 atom stereocenters. The highest BCUT2D eigenvalue weighted by molar-refractivity contribution is 7.92. The number of benzene rings is 2. The van der Waals surface area contributed by atoms with Crippen molar-refractivity contribution in [2.24, 2.45) is 0 Å². The van der Waals surface area contributed by atoms with E-state index in [2.05, 4.69) is 20.2 Å². The van der Waals surface area contributed by atoms with Gasteiger partial charge < -0.3 is 5.32 Å². The first kappa shape index (κ1) is 19.6. The molecule has 152 valence electrons. The van der Waals surface area contributed by atoms with Crippen LogP contribution in [0.5, 0.6) is 0 Å². The average Bonchev–Trinajstić information content (AvgIpc) is 3.19. The molecule has 4 aromatic rings. The molecule has 0 aliphatic carbocycles. The molecule has 2 N–H and O–H groups in total. The van der Waals surface area contributed by atoms with Gasteiger partial charge in [-0.3, -0.25) is 13.9 Å². The average molecular weight is 421 g/mol. The predicted molar refractivity (Wildman–Crippen MR) is 113 cm³/mol. The molecule has 2 aromatic heterocycles. The zero-order valence-corrected chi connectivity index (χ0v) is 16.9. The SMILES string of the molecule is CC(NC(=O)c1ccc(NS(=O)(=O)c2ccccc2)cc1)c1nnc2ccccn12. The molecule has 2 heterocycles. The molecule has 1 amide bonds. The van der Waals surface area contributed by atoms with Gasteiger partial charge in [-0.2, -0.15) is 0 Å². The van der Waals surface area contributed by atoms with Crippen molar-refractivity contribution in [3.05, 3.63) is 90.4 Å². The largest absolute Gasteiger partial charge is 0.342 e. The van der Waals surface area contributed by atoms with Crippen molar-refractivity contribution in [1.29, 1.82) is 0 Å². The molecule has 0 saturated carbocycles. The number of hydrogen-bond acceptors (Lipinski definition) is 5. The summed E-state index contributed by atoms with van der Waals surface area (Å²) in [6.07, 6.45) is 1.83. The molecule has 0 aliphatic rings. The standard InChI is InChI=1S/C21H19N5O3S/c1-15(20-24-23-19-9-5-6-14-26(19)20)22-21(27)16-10-12-17(13-11-16)25-30(28,29)18-7-3-2-4-8-18/h2-15,25H,1H3,(H,22,27). The Hall–Kier alpha value is -3.72. The molecule has 2 aromatic carbocycles. The van der Waals surface area contributed by atoms with E-state index in [1.807, 2.05) is 35.7 Å². The van der Waals surface area contributed by atoms with Crippen LogP contribution in [0.15, 0.2) is 83.9 Å². The molecule has 4 rings (SSSR count). The Labute approximate surface area is 173 Å². The normalized spacial score (nSPS) is 12.4. The molecule has 1 unspecified atom stereocenters. The molecule has 8 nitrogen and oxygen atoms in total. The van der Waals surface area contributed by atoms with E-state index in [1.165, 1.54) is 12.1 Å². The summed E-state index contributed by atoms with van der Waals surface area (Å²) in [5.41, 5.74) is 1.47. The monoisotopic (exact) mass is 421 g/mol. The zero-order chi connectivity index (χ0) is 21.1. The maximum atomic E-state index is 12.6. The molecule has 0 radical (unpaired) electrons. The molecular weight excluding hydrogens is 402 g/mol. The summed E-state index contributed by atoms with van der Waals surface area (Å²) in [7, 11) is -3.68. The van der Waals surface area contributed by atoms with Gasteiger partial charge in [-0.25, -0.2) is 8.42 Å². The zero-order valence-electron chi connectivity index (χ0n) is 16.1. The summed E-state index contributed by atoms with van der Waals surface area (Å²) >= 11 is 0. The Balaban J connectivity index is 1.45. The Bertz CT molecular complexity index is 1290. The maximum absolute atomic E-state index is 12.6. The van der Waals surface area contributed by atoms with E-state index in [4.69, 9.17) is 0 Å². The number of amides is 1. The number of hydrogen-bond donors (Lipinski definition) is 2. The highest BCUT2D eigenvalue weighted by Gasteiger charge is 2.17. The third kappa shape index (κ3) is 4.01. The number of carbonyl (C=O) groups is 1. The number of carbonyl (C=O) groups excluding carboxylic acids is 1. The minimum atomic E-state index is -3.68. The van der Waals surface area contributed by atoms with E-state index in [9.17, 15) is 13.2 Å². The van der Waals surface area contributed by atoms with Crippen molar-refractivity contribution in [1.82, 2.24) is 19.9 Å². The van der Waals surface area contributed by atoms with Gasteiger partial charge in [-0.15, -0.1) is 10.2 Å². The second-order valence-electron chi connectivity index (χ2n) is 6.68. The minimum Gasteiger partial charge on any atom is -0.342 e. The topological polar surface area (TPSA) is 105 Å². The summed E-state index contributed by atoms with van der Waals surface area (Å²) in [6.45, 7) is 1.82. The van der Waals surface area contributed by atoms with Crippen LogP contribution in [0, 0.1) is 0 Å². The van der Waals surface area contributed by atoms with Gasteiger partial charge in [0.15, 0.2) is 11.5 Å². The van der Waals surface area contributed by atoms with Crippen molar-refractivity contribution >= 4 is 27.3 Å². The maximum Gasteiger partial charge on any atom is 0.261 e. The number of fused-ring (bicyclic) bond motifs is 1. The van der Waals surface area contributed by atoms with E-state index in [-0.39, 0.29) is 16.8 Å². The second kappa shape index (κ2) is 7.96. The van der Waals surface area contributed by atoms with E-state index in [0.717, 1.165) is 0 Å². The van der Waals surface area contributed by atoms with Crippen LogP contribution in [-0.2, 0) is 10.0 Å². The first-order chi connectivity index (χ1) is 14.4. The second-order valence-corrected chi connectivity index (χ2v) is 8.36. The molecule has 0 saturated heterocycles. The third-order valence-corrected chi connectivity index (χ3v) is 5.93. The number of nitrogens with zero attached hydrogens (tertiary/aromatic N) is 3. The Morgan fingerprint density at radius 3 is 2.37 bits per heavy atom. The number of sulfonamides is 1. The van der Waals surface area contributed by atoms with Gasteiger partial charge in [-0.1, -0.05) is 24.3 Å². The van der Waals surface area contributed by atoms with Crippen LogP contribution in [0.25, 0.3) is 5.65 Å². The Kier molecular flexibility index (Phi) is 5.20. The van der Waals surface area contributed by atoms with Crippen LogP contribution < -0.4 is 10.0 Å². The lowest BCUT2D eigenvalue weighted by Gasteiger charge is -2.13. The van der Waals surface area contributed by atoms with E-state index >= 15 is 0 Å². The fourth-order valence-corrected chi connectivity index (χ4v) is 4.08. The highest BCUT2D eigenvalue weighted by Crippen LogP contribution is 2.17. The van der Waals surface area contributed by atoms with E-state index in [1.54, 1.807) is 42.5 Å². The molecule has 30 heavy (non-hydrogen) atoms. The summed E-state index contributed by atoms with van der Waals surface area (Å²) in [5, 5.41) is 11.1. The lowest BCUT2D eigenvalue weighted by Crippen LogP contribution is -2.28. The van der Waals surface area contributed by atoms with Crippen molar-refractivity contribution in [3.8, 4) is 0 Å². The lowest BCUT2D eigenvalue weighted by molar-refractivity contribution is 0.0938. The summed E-state index contributed by atoms with van der Waals surface area (Å²) in [4.78, 5) is 12.8. The first-order valence-corrected chi connectivity index (χ1v) is 10.7. The molecular formula is C21H19N5O3S. The van der Waals surface area contributed by atoms with Gasteiger partial charge in [0.25, 0.3) is 15.9 Å². The van der Waals surface area contributed by atoms with Gasteiger partial charge in [0.1, 0.15) is 0 Å². The van der Waals surface area contributed by atoms with Gasteiger partial charge >= 0.3 is 0 Å². The smallest absolute Gasteiger partial charge is 0.261 e. The van der Waals surface area contributed by atoms with Crippen molar-refractivity contribution in [2.45, 2.75) is 17.9 Å². The molecule has 0 fully saturated rings. The van der Waals surface area contributed by atoms with Crippen molar-refractivity contribution in [2.75, 3.05) is 4.72 Å². The number of aromatic nitrogens is 3. The Morgan fingerprint density at radius 2 is 1.63 bits per heavy atom. The molecule has 9 heteroatoms. The first-order valence-electron chi connectivity index (χ1n) is 9.22. The summed E-state index contributed by atoms with van der Waals surface area (Å²) in [6, 6.07) is 19.5. The summed E-state index contributed by atoms with van der Waals surface area (Å²) in [5.74, 6) is 0.318. The minimum absolute atomic E-state index is 0.168. The van der Waals surface area contributed by atoms with Crippen LogP contribution >= 0.6 is 0 Å². The number of anilines is 1. The van der Waals surface area contributed by atoms with Gasteiger partial charge in [0.2, 0.25) is 0 Å². The van der Waals surface area contributed by atoms with Crippen LogP contribution in [0.2, 0.25) is 0 Å². The number of nitrogens with one attached hydrogen (secondary N) is 2. The quantitative estimate of drug-likeness (QED) is 0.498. The van der Waals surface area contributed by atoms with Gasteiger partial charge in [0, 0.05) is 17.4 Å². The summed E-state index contributed by atoms with van der Waals surface area (Å²) < 4.78 is 29.1. The molecule has 0 spiro atoms. The van der Waals surface area contributed by atoms with Gasteiger partial charge in [-0.05, 0) is 55.5 Å². The third-order valence-electron chi connectivity index (χ3n) is 4.53. The van der Waals surface area contributed by atoms with Gasteiger partial charge in [0.05, 0.1) is 10.9 Å². The van der Waals surface area contributed by atoms with E-state index < -0.39 is 10.0 Å². The van der Waals surface area contributed by atoms with Crippen molar-refractivity contribution in [3.63, 3.8) is 0 Å². The number of pyridine rings is 1. The van der Waals surface area contributed by atoms with Crippen molar-refractivity contribution < 1.29 is 13.2 Å². The highest BCUT2D eigenvalue weighted by atomic mass is 32.2. The predicted octanol–water partition coefficient (Wildman–Crippen LogP) is 3.02. The molecule has 0 aliphatic heterocycles.